The van der Waals surface area contributed by atoms with Crippen LogP contribution in [0.4, 0.5) is 13.2 Å². The molecule has 1 saturated heterocycles. The van der Waals surface area contributed by atoms with Crippen LogP contribution in [0.25, 0.3) is 10.9 Å². The molecule has 3 aromatic rings. The molecule has 1 aliphatic carbocycles. The van der Waals surface area contributed by atoms with Crippen molar-refractivity contribution in [1.82, 2.24) is 14.8 Å². The molecule has 2 fully saturated rings. The van der Waals surface area contributed by atoms with Gasteiger partial charge in [0, 0.05) is 36.5 Å². The molecule has 0 spiro atoms. The number of rotatable bonds is 4. The van der Waals surface area contributed by atoms with Gasteiger partial charge in [-0.3, -0.25) is 14.3 Å². The van der Waals surface area contributed by atoms with Crippen molar-refractivity contribution in [3.63, 3.8) is 0 Å². The molecule has 32 heavy (non-hydrogen) atoms. The van der Waals surface area contributed by atoms with Crippen molar-refractivity contribution in [1.29, 1.82) is 0 Å². The van der Waals surface area contributed by atoms with Gasteiger partial charge in [0.25, 0.3) is 0 Å². The number of hydrogen-bond donors (Lipinski definition) is 0. The maximum Gasteiger partial charge on any atom is 0.249 e. The first-order valence-corrected chi connectivity index (χ1v) is 11.0. The number of carbonyl (C=O) groups excluding carboxylic acids is 1. The molecule has 5 nitrogen and oxygen atoms in total. The van der Waals surface area contributed by atoms with E-state index in [-0.39, 0.29) is 17.6 Å². The standard InChI is InChI=1S/C24H24F3N3O2/c25-19-5-6-22-18(11-19)14-29(28-22)13-15-1-3-16(4-2-15)24(31)30-23(7-8-32-30)17-9-20(26)12-21(27)10-17/h5-6,9-12,14-16,23H,1-4,7-8,13H2/t15?,16?,23-/m0/s1. The molecule has 8 heteroatoms. The Balaban J connectivity index is 1.21. The monoisotopic (exact) mass is 443 g/mol. The van der Waals surface area contributed by atoms with E-state index in [1.807, 2.05) is 10.9 Å². The summed E-state index contributed by atoms with van der Waals surface area (Å²) in [7, 11) is 0. The second-order valence-electron chi connectivity index (χ2n) is 8.78. The molecule has 5 rings (SSSR count). The highest BCUT2D eigenvalue weighted by Gasteiger charge is 2.37. The third-order valence-corrected chi connectivity index (χ3v) is 6.55. The van der Waals surface area contributed by atoms with E-state index in [1.54, 1.807) is 6.07 Å². The van der Waals surface area contributed by atoms with Gasteiger partial charge in [-0.15, -0.1) is 0 Å². The second kappa shape index (κ2) is 8.58. The quantitative estimate of drug-likeness (QED) is 0.559. The third-order valence-electron chi connectivity index (χ3n) is 6.55. The fourth-order valence-electron chi connectivity index (χ4n) is 4.93. The Morgan fingerprint density at radius 2 is 1.72 bits per heavy atom. The van der Waals surface area contributed by atoms with E-state index in [0.29, 0.717) is 24.5 Å². The number of halogens is 3. The lowest BCUT2D eigenvalue weighted by atomic mass is 9.81. The van der Waals surface area contributed by atoms with Crippen LogP contribution in [0.15, 0.2) is 42.6 Å². The van der Waals surface area contributed by atoms with Crippen LogP contribution in [0.2, 0.25) is 0 Å². The van der Waals surface area contributed by atoms with Gasteiger partial charge in [-0.1, -0.05) is 0 Å². The van der Waals surface area contributed by atoms with Gasteiger partial charge >= 0.3 is 0 Å². The summed E-state index contributed by atoms with van der Waals surface area (Å²) in [4.78, 5) is 18.7. The molecule has 1 saturated carbocycles. The van der Waals surface area contributed by atoms with Crippen molar-refractivity contribution < 1.29 is 22.8 Å². The van der Waals surface area contributed by atoms with E-state index >= 15 is 0 Å². The van der Waals surface area contributed by atoms with Crippen LogP contribution < -0.4 is 0 Å². The normalized spacial score (nSPS) is 23.7. The highest BCUT2D eigenvalue weighted by molar-refractivity contribution is 5.79. The minimum atomic E-state index is -0.658. The minimum Gasteiger partial charge on any atom is -0.272 e. The summed E-state index contributed by atoms with van der Waals surface area (Å²) in [5, 5.41) is 6.62. The van der Waals surface area contributed by atoms with Gasteiger partial charge in [-0.2, -0.15) is 5.10 Å². The summed E-state index contributed by atoms with van der Waals surface area (Å²) in [6, 6.07) is 7.44. The Hall–Kier alpha value is -2.87. The lowest BCUT2D eigenvalue weighted by Gasteiger charge is -2.32. The van der Waals surface area contributed by atoms with Crippen molar-refractivity contribution in [2.75, 3.05) is 6.61 Å². The summed E-state index contributed by atoms with van der Waals surface area (Å²) in [6.45, 7) is 1.07. The maximum atomic E-state index is 13.7. The van der Waals surface area contributed by atoms with Crippen molar-refractivity contribution in [3.05, 3.63) is 65.6 Å². The molecule has 0 radical (unpaired) electrons. The van der Waals surface area contributed by atoms with Gasteiger partial charge in [0.05, 0.1) is 18.2 Å². The first kappa shape index (κ1) is 21.0. The molecule has 0 bridgehead atoms. The number of carbonyl (C=O) groups is 1. The number of aromatic nitrogens is 2. The van der Waals surface area contributed by atoms with Crippen LogP contribution in [0.3, 0.4) is 0 Å². The highest BCUT2D eigenvalue weighted by Crippen LogP contribution is 2.37. The number of nitrogens with zero attached hydrogens (tertiary/aromatic N) is 3. The Morgan fingerprint density at radius 3 is 2.47 bits per heavy atom. The zero-order valence-electron chi connectivity index (χ0n) is 17.5. The minimum absolute atomic E-state index is 0.115. The van der Waals surface area contributed by atoms with Gasteiger partial charge in [0.15, 0.2) is 0 Å². The summed E-state index contributed by atoms with van der Waals surface area (Å²) in [5.41, 5.74) is 1.19. The molecule has 2 aliphatic rings. The fraction of sp³-hybridized carbons (Fsp3) is 0.417. The largest absolute Gasteiger partial charge is 0.272 e. The van der Waals surface area contributed by atoms with Crippen LogP contribution >= 0.6 is 0 Å². The zero-order chi connectivity index (χ0) is 22.2. The van der Waals surface area contributed by atoms with E-state index in [4.69, 9.17) is 4.84 Å². The van der Waals surface area contributed by atoms with Crippen molar-refractivity contribution in [3.8, 4) is 0 Å². The smallest absolute Gasteiger partial charge is 0.249 e. The summed E-state index contributed by atoms with van der Waals surface area (Å²) in [5.74, 6) is -1.50. The average Bonchev–Trinajstić information content (AvgIpc) is 3.39. The van der Waals surface area contributed by atoms with E-state index in [9.17, 15) is 18.0 Å². The van der Waals surface area contributed by atoms with E-state index < -0.39 is 17.7 Å². The van der Waals surface area contributed by atoms with Crippen molar-refractivity contribution in [2.45, 2.75) is 44.7 Å². The second-order valence-corrected chi connectivity index (χ2v) is 8.78. The lowest BCUT2D eigenvalue weighted by Crippen LogP contribution is -2.37. The third kappa shape index (κ3) is 4.24. The SMILES string of the molecule is O=C(C1CCC(Cn2cc3cc(F)ccc3n2)CC1)N1OCC[C@H]1c1cc(F)cc(F)c1. The Bertz CT molecular complexity index is 1120. The van der Waals surface area contributed by atoms with Gasteiger partial charge in [-0.25, -0.2) is 18.2 Å². The molecular formula is C24H24F3N3O2. The number of hydroxylamine groups is 2. The van der Waals surface area contributed by atoms with Crippen LogP contribution in [0.5, 0.6) is 0 Å². The van der Waals surface area contributed by atoms with E-state index in [0.717, 1.165) is 49.2 Å². The Morgan fingerprint density at radius 1 is 0.969 bits per heavy atom. The zero-order valence-corrected chi connectivity index (χ0v) is 17.5. The molecule has 1 aromatic heterocycles. The van der Waals surface area contributed by atoms with Crippen LogP contribution in [0, 0.1) is 29.3 Å². The van der Waals surface area contributed by atoms with E-state index in [2.05, 4.69) is 5.10 Å². The van der Waals surface area contributed by atoms with Crippen molar-refractivity contribution in [2.24, 2.45) is 11.8 Å². The summed E-state index contributed by atoms with van der Waals surface area (Å²) >= 11 is 0. The fourth-order valence-corrected chi connectivity index (χ4v) is 4.93. The van der Waals surface area contributed by atoms with Gasteiger partial charge in [-0.05, 0) is 67.5 Å². The van der Waals surface area contributed by atoms with Crippen LogP contribution in [-0.2, 0) is 16.2 Å². The molecule has 1 atom stereocenters. The summed E-state index contributed by atoms with van der Waals surface area (Å²) < 4.78 is 42.6. The predicted molar refractivity (Wildman–Crippen MR) is 112 cm³/mol. The first-order chi connectivity index (χ1) is 15.5. The molecule has 1 aliphatic heterocycles. The summed E-state index contributed by atoms with van der Waals surface area (Å²) in [6.07, 6.45) is 5.56. The molecule has 168 valence electrons. The number of benzene rings is 2. The van der Waals surface area contributed by atoms with Crippen molar-refractivity contribution >= 4 is 16.8 Å². The molecule has 1 amide bonds. The first-order valence-electron chi connectivity index (χ1n) is 11.0. The number of hydrogen-bond acceptors (Lipinski definition) is 3. The molecule has 0 N–H and O–H groups in total. The molecule has 2 heterocycles. The maximum absolute atomic E-state index is 13.7. The molecule has 2 aromatic carbocycles. The van der Waals surface area contributed by atoms with Gasteiger partial charge in [0.2, 0.25) is 5.91 Å². The van der Waals surface area contributed by atoms with Crippen LogP contribution in [0.1, 0.15) is 43.7 Å². The Kier molecular flexibility index (Phi) is 5.63. The van der Waals surface area contributed by atoms with Gasteiger partial charge in [0.1, 0.15) is 17.5 Å². The highest BCUT2D eigenvalue weighted by atomic mass is 19.1. The predicted octanol–water partition coefficient (Wildman–Crippen LogP) is 5.17. The topological polar surface area (TPSA) is 47.4 Å². The lowest BCUT2D eigenvalue weighted by molar-refractivity contribution is -0.183. The van der Waals surface area contributed by atoms with Crippen LogP contribution in [-0.4, -0.2) is 27.4 Å². The van der Waals surface area contributed by atoms with Gasteiger partial charge < -0.3 is 0 Å². The Labute approximate surface area is 183 Å². The van der Waals surface area contributed by atoms with E-state index in [1.165, 1.54) is 29.3 Å². The number of amides is 1. The molecule has 0 unspecified atom stereocenters. The number of fused-ring (bicyclic) bond motifs is 1. The molecular weight excluding hydrogens is 419 g/mol. The average molecular weight is 443 g/mol.